The standard InChI is InChI=1S/C9H5F3N2O2/c10-9(11,12)5-2-1-3-14-6(5)4-13-7(14)8(15)16/h1-4H,(H,15,16). The van der Waals surface area contributed by atoms with Gasteiger partial charge in [0.25, 0.3) is 0 Å². The lowest BCUT2D eigenvalue weighted by Gasteiger charge is -2.08. The van der Waals surface area contributed by atoms with E-state index in [9.17, 15) is 18.0 Å². The Morgan fingerprint density at radius 3 is 2.69 bits per heavy atom. The van der Waals surface area contributed by atoms with E-state index in [2.05, 4.69) is 4.98 Å². The molecule has 0 amide bonds. The summed E-state index contributed by atoms with van der Waals surface area (Å²) in [5.74, 6) is -1.82. The normalized spacial score (nSPS) is 11.9. The van der Waals surface area contributed by atoms with Crippen LogP contribution in [-0.4, -0.2) is 20.5 Å². The Labute approximate surface area is 87.0 Å². The summed E-state index contributed by atoms with van der Waals surface area (Å²) in [6, 6.07) is 2.01. The summed E-state index contributed by atoms with van der Waals surface area (Å²) in [5.41, 5.74) is -1.18. The number of rotatable bonds is 1. The van der Waals surface area contributed by atoms with Crippen LogP contribution in [0.4, 0.5) is 13.2 Å². The van der Waals surface area contributed by atoms with E-state index < -0.39 is 23.5 Å². The van der Waals surface area contributed by atoms with Crippen molar-refractivity contribution in [2.24, 2.45) is 0 Å². The predicted molar refractivity (Wildman–Crippen MR) is 47.2 cm³/mol. The fraction of sp³-hybridized carbons (Fsp3) is 0.111. The molecule has 0 radical (unpaired) electrons. The number of aromatic nitrogens is 2. The van der Waals surface area contributed by atoms with Gasteiger partial charge in [-0.1, -0.05) is 0 Å². The summed E-state index contributed by atoms with van der Waals surface area (Å²) in [6.07, 6.45) is -2.41. The first kappa shape index (κ1) is 10.5. The first-order valence-corrected chi connectivity index (χ1v) is 4.18. The second-order valence-electron chi connectivity index (χ2n) is 3.06. The summed E-state index contributed by atoms with van der Waals surface area (Å²) in [4.78, 5) is 14.1. The van der Waals surface area contributed by atoms with E-state index in [4.69, 9.17) is 5.11 Å². The summed E-state index contributed by atoms with van der Waals surface area (Å²) in [6.45, 7) is 0. The largest absolute Gasteiger partial charge is 0.475 e. The molecule has 2 aromatic heterocycles. The molecule has 0 aromatic carbocycles. The smallest absolute Gasteiger partial charge is 0.418 e. The zero-order valence-corrected chi connectivity index (χ0v) is 7.69. The van der Waals surface area contributed by atoms with Crippen molar-refractivity contribution in [2.45, 2.75) is 6.18 Å². The number of carbonyl (C=O) groups is 1. The van der Waals surface area contributed by atoms with Gasteiger partial charge in [0.05, 0.1) is 17.3 Å². The predicted octanol–water partition coefficient (Wildman–Crippen LogP) is 2.05. The molecule has 0 unspecified atom stereocenters. The molecule has 2 aromatic rings. The molecule has 16 heavy (non-hydrogen) atoms. The summed E-state index contributed by atoms with van der Waals surface area (Å²) in [5, 5.41) is 8.70. The minimum Gasteiger partial charge on any atom is -0.475 e. The van der Waals surface area contributed by atoms with Crippen LogP contribution < -0.4 is 0 Å². The van der Waals surface area contributed by atoms with Gasteiger partial charge in [0.2, 0.25) is 5.82 Å². The van der Waals surface area contributed by atoms with Gasteiger partial charge < -0.3 is 5.11 Å². The third kappa shape index (κ3) is 1.50. The second kappa shape index (κ2) is 3.22. The van der Waals surface area contributed by atoms with Crippen molar-refractivity contribution in [1.82, 2.24) is 9.38 Å². The molecule has 0 spiro atoms. The molecule has 0 bridgehead atoms. The molecule has 1 N–H and O–H groups in total. The first-order chi connectivity index (χ1) is 7.41. The van der Waals surface area contributed by atoms with Crippen LogP contribution in [0.5, 0.6) is 0 Å². The number of hydrogen-bond acceptors (Lipinski definition) is 2. The van der Waals surface area contributed by atoms with E-state index in [0.29, 0.717) is 0 Å². The molecule has 0 fully saturated rings. The van der Waals surface area contributed by atoms with Crippen molar-refractivity contribution >= 4 is 11.5 Å². The molecule has 4 nitrogen and oxygen atoms in total. The number of nitrogens with zero attached hydrogens (tertiary/aromatic N) is 2. The van der Waals surface area contributed by atoms with E-state index in [1.165, 1.54) is 6.20 Å². The van der Waals surface area contributed by atoms with Gasteiger partial charge in [-0.15, -0.1) is 0 Å². The summed E-state index contributed by atoms with van der Waals surface area (Å²) in [7, 11) is 0. The maximum atomic E-state index is 12.5. The molecule has 0 aliphatic carbocycles. The molecule has 2 heterocycles. The minimum atomic E-state index is -4.53. The molecule has 0 aliphatic rings. The Balaban J connectivity index is 2.77. The minimum absolute atomic E-state index is 0.271. The van der Waals surface area contributed by atoms with Crippen molar-refractivity contribution < 1.29 is 23.1 Å². The summed E-state index contributed by atoms with van der Waals surface area (Å²) < 4.78 is 38.5. The van der Waals surface area contributed by atoms with Gasteiger partial charge in [0, 0.05) is 6.20 Å². The second-order valence-corrected chi connectivity index (χ2v) is 3.06. The summed E-state index contributed by atoms with van der Waals surface area (Å²) >= 11 is 0. The number of carboxylic acids is 1. The van der Waals surface area contributed by atoms with Crippen molar-refractivity contribution in [3.8, 4) is 0 Å². The van der Waals surface area contributed by atoms with E-state index in [1.807, 2.05) is 0 Å². The van der Waals surface area contributed by atoms with E-state index >= 15 is 0 Å². The van der Waals surface area contributed by atoms with Gasteiger partial charge in [-0.3, -0.25) is 4.40 Å². The molecule has 2 rings (SSSR count). The average molecular weight is 230 g/mol. The van der Waals surface area contributed by atoms with Gasteiger partial charge >= 0.3 is 12.1 Å². The maximum Gasteiger partial charge on any atom is 0.418 e. The fourth-order valence-corrected chi connectivity index (χ4v) is 1.42. The van der Waals surface area contributed by atoms with Crippen molar-refractivity contribution in [2.75, 3.05) is 0 Å². The zero-order valence-electron chi connectivity index (χ0n) is 7.69. The third-order valence-corrected chi connectivity index (χ3v) is 2.07. The van der Waals surface area contributed by atoms with E-state index in [-0.39, 0.29) is 5.52 Å². The Morgan fingerprint density at radius 1 is 1.44 bits per heavy atom. The molecule has 0 aliphatic heterocycles. The van der Waals surface area contributed by atoms with Crippen molar-refractivity contribution in [3.05, 3.63) is 35.9 Å². The maximum absolute atomic E-state index is 12.5. The average Bonchev–Trinajstić information content (AvgIpc) is 2.58. The SMILES string of the molecule is O=C(O)c1ncc2c(C(F)(F)F)cccn12. The number of carboxylic acid groups (broad SMARTS) is 1. The zero-order chi connectivity index (χ0) is 11.9. The molecular formula is C9H5F3N2O2. The third-order valence-electron chi connectivity index (χ3n) is 2.07. The highest BCUT2D eigenvalue weighted by molar-refractivity contribution is 5.85. The van der Waals surface area contributed by atoms with E-state index in [0.717, 1.165) is 22.7 Å². The number of hydrogen-bond donors (Lipinski definition) is 1. The molecule has 84 valence electrons. The number of aromatic carboxylic acids is 1. The van der Waals surface area contributed by atoms with Crippen LogP contribution >= 0.6 is 0 Å². The first-order valence-electron chi connectivity index (χ1n) is 4.18. The van der Waals surface area contributed by atoms with Crippen LogP contribution in [-0.2, 0) is 6.18 Å². The van der Waals surface area contributed by atoms with Crippen LogP contribution in [0.1, 0.15) is 16.2 Å². The van der Waals surface area contributed by atoms with Gasteiger partial charge in [-0.25, -0.2) is 9.78 Å². The lowest BCUT2D eigenvalue weighted by atomic mass is 10.2. The number of pyridine rings is 1. The topological polar surface area (TPSA) is 54.6 Å². The van der Waals surface area contributed by atoms with E-state index in [1.54, 1.807) is 0 Å². The Bertz CT molecular complexity index is 559. The lowest BCUT2D eigenvalue weighted by molar-refractivity contribution is -0.136. The molecular weight excluding hydrogens is 225 g/mol. The quantitative estimate of drug-likeness (QED) is 0.815. The number of alkyl halides is 3. The molecule has 0 saturated heterocycles. The van der Waals surface area contributed by atoms with Crippen LogP contribution in [0.25, 0.3) is 5.52 Å². The highest BCUT2D eigenvalue weighted by atomic mass is 19.4. The van der Waals surface area contributed by atoms with Gasteiger partial charge in [0.1, 0.15) is 0 Å². The van der Waals surface area contributed by atoms with Crippen molar-refractivity contribution in [1.29, 1.82) is 0 Å². The number of halogens is 3. The van der Waals surface area contributed by atoms with Gasteiger partial charge in [-0.2, -0.15) is 13.2 Å². The molecule has 0 atom stereocenters. The Hall–Kier alpha value is -2.05. The van der Waals surface area contributed by atoms with Crippen molar-refractivity contribution in [3.63, 3.8) is 0 Å². The highest BCUT2D eigenvalue weighted by Gasteiger charge is 2.33. The van der Waals surface area contributed by atoms with Crippen LogP contribution in [0.2, 0.25) is 0 Å². The molecule has 0 saturated carbocycles. The number of imidazole rings is 1. The lowest BCUT2D eigenvalue weighted by Crippen LogP contribution is -2.09. The highest BCUT2D eigenvalue weighted by Crippen LogP contribution is 2.32. The van der Waals surface area contributed by atoms with Gasteiger partial charge in [-0.05, 0) is 12.1 Å². The monoisotopic (exact) mass is 230 g/mol. The number of fused-ring (bicyclic) bond motifs is 1. The van der Waals surface area contributed by atoms with Crippen LogP contribution in [0.15, 0.2) is 24.5 Å². The Morgan fingerprint density at radius 2 is 2.12 bits per heavy atom. The Kier molecular flexibility index (Phi) is 2.11. The molecule has 7 heteroatoms. The fourth-order valence-electron chi connectivity index (χ4n) is 1.42. The van der Waals surface area contributed by atoms with Gasteiger partial charge in [0.15, 0.2) is 0 Å². The van der Waals surface area contributed by atoms with Crippen LogP contribution in [0, 0.1) is 0 Å². The van der Waals surface area contributed by atoms with Crippen LogP contribution in [0.3, 0.4) is 0 Å².